The maximum Gasteiger partial charge on any atom is 0.234 e. The topological polar surface area (TPSA) is 75.7 Å². The third kappa shape index (κ3) is 3.26. The number of nitrogens with one attached hydrogen (secondary N) is 1. The molecule has 6 heteroatoms. The van der Waals surface area contributed by atoms with Crippen molar-refractivity contribution in [3.63, 3.8) is 0 Å². The number of benzene rings is 1. The van der Waals surface area contributed by atoms with Gasteiger partial charge >= 0.3 is 0 Å². The van der Waals surface area contributed by atoms with Crippen LogP contribution in [0, 0.1) is 5.41 Å². The van der Waals surface area contributed by atoms with Crippen LogP contribution in [-0.4, -0.2) is 43.9 Å². The Morgan fingerprint density at radius 2 is 1.88 bits per heavy atom. The van der Waals surface area contributed by atoms with Gasteiger partial charge in [-0.1, -0.05) is 12.1 Å². The van der Waals surface area contributed by atoms with Gasteiger partial charge in [0.25, 0.3) is 0 Å². The zero-order chi connectivity index (χ0) is 18.1. The zero-order valence-electron chi connectivity index (χ0n) is 14.8. The minimum absolute atomic E-state index is 0.161. The van der Waals surface area contributed by atoms with Crippen LogP contribution in [0.1, 0.15) is 43.6 Å². The first-order valence-corrected chi connectivity index (χ1v) is 9.34. The Morgan fingerprint density at radius 3 is 2.50 bits per heavy atom. The molecule has 3 saturated heterocycles. The Hall–Kier alpha value is -2.21. The Balaban J connectivity index is 1.38. The SMILES string of the molecule is O=C[C@H]1CC2(CCN(c3ccc([C@H]4CCC(=O)NC4=O)cc3)CC2)CO1. The number of ether oxygens (including phenoxy) is 1. The maximum absolute atomic E-state index is 12.0. The van der Waals surface area contributed by atoms with Crippen LogP contribution in [0.15, 0.2) is 24.3 Å². The Bertz CT molecular complexity index is 707. The van der Waals surface area contributed by atoms with Crippen molar-refractivity contribution in [3.8, 4) is 0 Å². The smallest absolute Gasteiger partial charge is 0.234 e. The van der Waals surface area contributed by atoms with E-state index in [2.05, 4.69) is 22.3 Å². The molecule has 1 aromatic rings. The summed E-state index contributed by atoms with van der Waals surface area (Å²) in [6.07, 6.45) is 4.59. The number of aldehydes is 1. The van der Waals surface area contributed by atoms with Gasteiger partial charge in [-0.05, 0) is 43.4 Å². The summed E-state index contributed by atoms with van der Waals surface area (Å²) in [4.78, 5) is 36.6. The number of hydrogen-bond acceptors (Lipinski definition) is 5. The Labute approximate surface area is 152 Å². The fourth-order valence-electron chi connectivity index (χ4n) is 4.43. The minimum Gasteiger partial charge on any atom is -0.371 e. The second kappa shape index (κ2) is 6.83. The first-order chi connectivity index (χ1) is 12.6. The lowest BCUT2D eigenvalue weighted by molar-refractivity contribution is -0.134. The predicted octanol–water partition coefficient (Wildman–Crippen LogP) is 1.78. The molecule has 3 aliphatic heterocycles. The first-order valence-electron chi connectivity index (χ1n) is 9.34. The highest BCUT2D eigenvalue weighted by molar-refractivity contribution is 6.00. The van der Waals surface area contributed by atoms with Crippen LogP contribution in [0.2, 0.25) is 0 Å². The van der Waals surface area contributed by atoms with Crippen molar-refractivity contribution < 1.29 is 19.1 Å². The summed E-state index contributed by atoms with van der Waals surface area (Å²) in [5, 5.41) is 2.42. The van der Waals surface area contributed by atoms with Crippen LogP contribution >= 0.6 is 0 Å². The largest absolute Gasteiger partial charge is 0.371 e. The number of amides is 2. The van der Waals surface area contributed by atoms with Gasteiger partial charge in [0.1, 0.15) is 12.4 Å². The molecule has 1 aromatic carbocycles. The molecule has 0 radical (unpaired) electrons. The van der Waals surface area contributed by atoms with E-state index in [0.717, 1.165) is 49.9 Å². The van der Waals surface area contributed by atoms with Crippen molar-refractivity contribution in [3.05, 3.63) is 29.8 Å². The van der Waals surface area contributed by atoms with Gasteiger partial charge in [-0.25, -0.2) is 0 Å². The minimum atomic E-state index is -0.234. The third-order valence-corrected chi connectivity index (χ3v) is 6.11. The lowest BCUT2D eigenvalue weighted by atomic mass is 9.76. The average Bonchev–Trinajstić information content (AvgIpc) is 3.06. The van der Waals surface area contributed by atoms with E-state index in [0.29, 0.717) is 19.4 Å². The van der Waals surface area contributed by atoms with Crippen LogP contribution in [0.4, 0.5) is 5.69 Å². The van der Waals surface area contributed by atoms with E-state index in [1.807, 2.05) is 12.1 Å². The van der Waals surface area contributed by atoms with Crippen molar-refractivity contribution in [1.29, 1.82) is 0 Å². The number of piperidine rings is 2. The summed E-state index contributed by atoms with van der Waals surface area (Å²) in [5.74, 6) is -0.611. The number of nitrogens with zero attached hydrogens (tertiary/aromatic N) is 1. The molecule has 1 spiro atoms. The van der Waals surface area contributed by atoms with E-state index in [1.54, 1.807) is 0 Å². The summed E-state index contributed by atoms with van der Waals surface area (Å²) in [6, 6.07) is 8.13. The van der Waals surface area contributed by atoms with Gasteiger partial charge in [-0.2, -0.15) is 0 Å². The van der Waals surface area contributed by atoms with Crippen molar-refractivity contribution in [2.24, 2.45) is 5.41 Å². The summed E-state index contributed by atoms with van der Waals surface area (Å²) >= 11 is 0. The average molecular weight is 356 g/mol. The predicted molar refractivity (Wildman–Crippen MR) is 95.9 cm³/mol. The number of anilines is 1. The van der Waals surface area contributed by atoms with E-state index < -0.39 is 0 Å². The molecule has 3 fully saturated rings. The van der Waals surface area contributed by atoms with Crippen LogP contribution in [0.5, 0.6) is 0 Å². The van der Waals surface area contributed by atoms with Crippen molar-refractivity contribution >= 4 is 23.8 Å². The molecule has 2 amide bonds. The monoisotopic (exact) mass is 356 g/mol. The molecule has 3 aliphatic rings. The first kappa shape index (κ1) is 17.2. The third-order valence-electron chi connectivity index (χ3n) is 6.11. The normalized spacial score (nSPS) is 28.2. The summed E-state index contributed by atoms with van der Waals surface area (Å²) in [5.41, 5.74) is 2.28. The lowest BCUT2D eigenvalue weighted by Crippen LogP contribution is -2.41. The molecular formula is C20H24N2O4. The molecule has 1 N–H and O–H groups in total. The van der Waals surface area contributed by atoms with Gasteiger partial charge < -0.3 is 14.4 Å². The molecular weight excluding hydrogens is 332 g/mol. The molecule has 0 unspecified atom stereocenters. The molecule has 26 heavy (non-hydrogen) atoms. The van der Waals surface area contributed by atoms with Crippen molar-refractivity contribution in [2.45, 2.75) is 44.1 Å². The van der Waals surface area contributed by atoms with Gasteiger partial charge in [0.05, 0.1) is 12.5 Å². The second-order valence-electron chi connectivity index (χ2n) is 7.77. The fourth-order valence-corrected chi connectivity index (χ4v) is 4.43. The quantitative estimate of drug-likeness (QED) is 0.660. The van der Waals surface area contributed by atoms with E-state index in [-0.39, 0.29) is 29.3 Å². The van der Waals surface area contributed by atoms with Crippen molar-refractivity contribution in [2.75, 3.05) is 24.6 Å². The maximum atomic E-state index is 12.0. The van der Waals surface area contributed by atoms with Crippen LogP contribution in [0.3, 0.4) is 0 Å². The van der Waals surface area contributed by atoms with E-state index in [4.69, 9.17) is 4.74 Å². The Kier molecular flexibility index (Phi) is 4.53. The van der Waals surface area contributed by atoms with Gasteiger partial charge in [0.15, 0.2) is 0 Å². The van der Waals surface area contributed by atoms with Crippen molar-refractivity contribution in [1.82, 2.24) is 5.32 Å². The van der Waals surface area contributed by atoms with E-state index in [9.17, 15) is 14.4 Å². The molecule has 0 aliphatic carbocycles. The molecule has 138 valence electrons. The fraction of sp³-hybridized carbons (Fsp3) is 0.550. The lowest BCUT2D eigenvalue weighted by Gasteiger charge is -2.39. The summed E-state index contributed by atoms with van der Waals surface area (Å²) < 4.78 is 5.59. The Morgan fingerprint density at radius 1 is 1.15 bits per heavy atom. The van der Waals surface area contributed by atoms with E-state index in [1.165, 1.54) is 0 Å². The van der Waals surface area contributed by atoms with Crippen LogP contribution in [0.25, 0.3) is 0 Å². The number of carbonyl (C=O) groups is 3. The molecule has 0 aromatic heterocycles. The molecule has 4 rings (SSSR count). The summed E-state index contributed by atoms with van der Waals surface area (Å²) in [7, 11) is 0. The number of rotatable bonds is 3. The number of imide groups is 1. The van der Waals surface area contributed by atoms with Crippen LogP contribution < -0.4 is 10.2 Å². The van der Waals surface area contributed by atoms with Crippen LogP contribution in [-0.2, 0) is 19.1 Å². The summed E-state index contributed by atoms with van der Waals surface area (Å²) in [6.45, 7) is 2.60. The molecule has 2 atom stereocenters. The molecule has 3 heterocycles. The standard InChI is InChI=1S/C20H24N2O4/c23-12-16-11-20(13-26-16)7-9-22(10-8-20)15-3-1-14(2-4-15)17-5-6-18(24)21-19(17)25/h1-4,12,16-17H,5-11,13H2,(H,21,24,25)/t16-,17-/m1/s1. The highest BCUT2D eigenvalue weighted by Crippen LogP contribution is 2.42. The van der Waals surface area contributed by atoms with Gasteiger partial charge in [0.2, 0.25) is 11.8 Å². The molecule has 0 saturated carbocycles. The van der Waals surface area contributed by atoms with Gasteiger partial charge in [0, 0.05) is 30.6 Å². The van der Waals surface area contributed by atoms with Gasteiger partial charge in [-0.3, -0.25) is 14.9 Å². The zero-order valence-corrected chi connectivity index (χ0v) is 14.8. The second-order valence-corrected chi connectivity index (χ2v) is 7.77. The number of hydrogen-bond donors (Lipinski definition) is 1. The van der Waals surface area contributed by atoms with E-state index >= 15 is 0 Å². The molecule has 6 nitrogen and oxygen atoms in total. The molecule has 0 bridgehead atoms. The highest BCUT2D eigenvalue weighted by Gasteiger charge is 2.42. The number of carbonyl (C=O) groups excluding carboxylic acids is 3. The highest BCUT2D eigenvalue weighted by atomic mass is 16.5. The van der Waals surface area contributed by atoms with Gasteiger partial charge in [-0.15, -0.1) is 0 Å².